The van der Waals surface area contributed by atoms with Crippen LogP contribution in [-0.4, -0.2) is 19.3 Å². The van der Waals surface area contributed by atoms with E-state index in [1.165, 1.54) is 23.5 Å². The Morgan fingerprint density at radius 2 is 1.88 bits per heavy atom. The van der Waals surface area contributed by atoms with Gasteiger partial charge in [-0.3, -0.25) is 4.79 Å². The fraction of sp³-hybridized carbons (Fsp3) is 0.125. The van der Waals surface area contributed by atoms with Crippen molar-refractivity contribution in [3.8, 4) is 10.8 Å². The summed E-state index contributed by atoms with van der Waals surface area (Å²) >= 11 is 1.41. The number of rotatable bonds is 4. The molecule has 0 saturated carbocycles. The second-order valence-corrected chi connectivity index (χ2v) is 7.78. The normalized spacial score (nSPS) is 11.4. The third kappa shape index (κ3) is 3.24. The van der Waals surface area contributed by atoms with Crippen molar-refractivity contribution in [2.24, 2.45) is 0 Å². The van der Waals surface area contributed by atoms with Crippen LogP contribution in [0.2, 0.25) is 0 Å². The molecule has 0 saturated heterocycles. The van der Waals surface area contributed by atoms with E-state index in [2.05, 4.69) is 4.98 Å². The molecule has 2 aromatic heterocycles. The monoisotopic (exact) mass is 362 g/mol. The number of carbonyl (C=O) groups excluding carboxylic acids is 1. The summed E-state index contributed by atoms with van der Waals surface area (Å²) < 4.78 is 32.1. The smallest absolute Gasteiger partial charge is 0.287 e. The number of benzene rings is 1. The van der Waals surface area contributed by atoms with E-state index in [4.69, 9.17) is 4.42 Å². The summed E-state index contributed by atoms with van der Waals surface area (Å²) in [5.41, 5.74) is 0.877. The third-order valence-electron chi connectivity index (χ3n) is 3.30. The van der Waals surface area contributed by atoms with E-state index in [9.17, 15) is 13.2 Å². The molecule has 3 rings (SSSR count). The molecule has 0 radical (unpaired) electrons. The number of aromatic nitrogens is 1. The van der Waals surface area contributed by atoms with Crippen molar-refractivity contribution >= 4 is 27.3 Å². The maximum atomic E-state index is 12.3. The molecule has 0 aliphatic rings. The highest BCUT2D eigenvalue weighted by Crippen LogP contribution is 2.26. The first-order valence-corrected chi connectivity index (χ1v) is 9.38. The van der Waals surface area contributed by atoms with Crippen molar-refractivity contribution in [1.29, 1.82) is 0 Å². The lowest BCUT2D eigenvalue weighted by Crippen LogP contribution is -2.31. The number of thiophene rings is 1. The van der Waals surface area contributed by atoms with Crippen LogP contribution in [0, 0.1) is 13.8 Å². The summed E-state index contributed by atoms with van der Waals surface area (Å²) in [4.78, 5) is 17.2. The summed E-state index contributed by atoms with van der Waals surface area (Å²) in [6.07, 6.45) is 0. The molecule has 124 valence electrons. The average molecular weight is 362 g/mol. The second-order valence-electron chi connectivity index (χ2n) is 5.15. The lowest BCUT2D eigenvalue weighted by atomic mass is 10.2. The van der Waals surface area contributed by atoms with Gasteiger partial charge in [-0.1, -0.05) is 23.8 Å². The predicted molar refractivity (Wildman–Crippen MR) is 90.4 cm³/mol. The number of nitrogens with zero attached hydrogens (tertiary/aromatic N) is 1. The maximum absolute atomic E-state index is 12.3. The summed E-state index contributed by atoms with van der Waals surface area (Å²) in [5, 5.41) is 1.86. The van der Waals surface area contributed by atoms with Gasteiger partial charge in [0, 0.05) is 0 Å². The molecule has 2 heterocycles. The molecule has 24 heavy (non-hydrogen) atoms. The Labute approximate surface area is 143 Å². The lowest BCUT2D eigenvalue weighted by molar-refractivity contribution is 0.0975. The number of aryl methyl sites for hydroxylation is 2. The topological polar surface area (TPSA) is 89.3 Å². The number of oxazole rings is 1. The van der Waals surface area contributed by atoms with Gasteiger partial charge in [0.25, 0.3) is 15.9 Å². The third-order valence-corrected chi connectivity index (χ3v) is 5.51. The van der Waals surface area contributed by atoms with Gasteiger partial charge in [0.1, 0.15) is 5.76 Å². The first-order valence-electron chi connectivity index (χ1n) is 7.02. The SMILES string of the molecule is Cc1ccc(S(=O)(=O)NC(=O)c2nc(-c3cccs3)oc2C)cc1. The second kappa shape index (κ2) is 6.21. The molecule has 0 fully saturated rings. The Morgan fingerprint density at radius 3 is 2.50 bits per heavy atom. The van der Waals surface area contributed by atoms with Gasteiger partial charge in [0.05, 0.1) is 9.77 Å². The van der Waals surface area contributed by atoms with E-state index >= 15 is 0 Å². The van der Waals surface area contributed by atoms with E-state index in [-0.39, 0.29) is 16.3 Å². The first kappa shape index (κ1) is 16.4. The number of hydrogen-bond acceptors (Lipinski definition) is 6. The van der Waals surface area contributed by atoms with Crippen LogP contribution in [0.1, 0.15) is 21.8 Å². The van der Waals surface area contributed by atoms with Crippen LogP contribution in [0.15, 0.2) is 51.1 Å². The highest BCUT2D eigenvalue weighted by atomic mass is 32.2. The van der Waals surface area contributed by atoms with Gasteiger partial charge < -0.3 is 4.42 Å². The Hall–Kier alpha value is -2.45. The first-order chi connectivity index (χ1) is 11.4. The molecule has 0 bridgehead atoms. The van der Waals surface area contributed by atoms with E-state index < -0.39 is 15.9 Å². The molecule has 1 aromatic carbocycles. The highest BCUT2D eigenvalue weighted by molar-refractivity contribution is 7.90. The molecular formula is C16H14N2O4S2. The minimum atomic E-state index is -3.96. The van der Waals surface area contributed by atoms with Gasteiger partial charge in [-0.2, -0.15) is 0 Å². The van der Waals surface area contributed by atoms with Gasteiger partial charge in [0.15, 0.2) is 5.69 Å². The average Bonchev–Trinajstić information content (AvgIpc) is 3.16. The molecule has 0 spiro atoms. The standard InChI is InChI=1S/C16H14N2O4S2/c1-10-5-7-12(8-6-10)24(20,21)18-15(19)14-11(2)22-16(17-14)13-4-3-9-23-13/h3-9H,1-2H3,(H,18,19). The largest absolute Gasteiger partial charge is 0.440 e. The molecule has 3 aromatic rings. The van der Waals surface area contributed by atoms with Crippen molar-refractivity contribution in [2.75, 3.05) is 0 Å². The molecule has 0 atom stereocenters. The predicted octanol–water partition coefficient (Wildman–Crippen LogP) is 3.14. The fourth-order valence-electron chi connectivity index (χ4n) is 2.06. The number of nitrogens with one attached hydrogen (secondary N) is 1. The van der Waals surface area contributed by atoms with Gasteiger partial charge in [-0.25, -0.2) is 18.1 Å². The Balaban J connectivity index is 1.86. The molecule has 0 unspecified atom stereocenters. The van der Waals surface area contributed by atoms with Crippen LogP contribution in [0.4, 0.5) is 0 Å². The van der Waals surface area contributed by atoms with E-state index in [0.717, 1.165) is 10.4 Å². The minimum absolute atomic E-state index is 0.0149. The summed E-state index contributed by atoms with van der Waals surface area (Å²) in [6.45, 7) is 3.41. The lowest BCUT2D eigenvalue weighted by Gasteiger charge is -2.05. The summed E-state index contributed by atoms with van der Waals surface area (Å²) in [5.74, 6) is -0.268. The van der Waals surface area contributed by atoms with Crippen LogP contribution >= 0.6 is 11.3 Å². The molecule has 1 amide bonds. The number of carbonyl (C=O) groups is 1. The van der Waals surface area contributed by atoms with E-state index in [0.29, 0.717) is 5.89 Å². The van der Waals surface area contributed by atoms with Gasteiger partial charge in [0.2, 0.25) is 5.89 Å². The van der Waals surface area contributed by atoms with Gasteiger partial charge >= 0.3 is 0 Å². The zero-order chi connectivity index (χ0) is 17.3. The van der Waals surface area contributed by atoms with Crippen molar-refractivity contribution in [3.05, 3.63) is 58.8 Å². The van der Waals surface area contributed by atoms with Crippen LogP contribution in [0.3, 0.4) is 0 Å². The van der Waals surface area contributed by atoms with Gasteiger partial charge in [-0.05, 0) is 37.4 Å². The van der Waals surface area contributed by atoms with Crippen LogP contribution < -0.4 is 4.72 Å². The fourth-order valence-corrected chi connectivity index (χ4v) is 3.66. The summed E-state index contributed by atoms with van der Waals surface area (Å²) in [6, 6.07) is 9.85. The van der Waals surface area contributed by atoms with Crippen LogP contribution in [0.25, 0.3) is 10.8 Å². The van der Waals surface area contributed by atoms with E-state index in [1.54, 1.807) is 25.1 Å². The quantitative estimate of drug-likeness (QED) is 0.770. The highest BCUT2D eigenvalue weighted by Gasteiger charge is 2.24. The molecule has 1 N–H and O–H groups in total. The zero-order valence-corrected chi connectivity index (χ0v) is 14.6. The number of hydrogen-bond donors (Lipinski definition) is 1. The Morgan fingerprint density at radius 1 is 1.17 bits per heavy atom. The molecule has 8 heteroatoms. The van der Waals surface area contributed by atoms with Gasteiger partial charge in [-0.15, -0.1) is 11.3 Å². The van der Waals surface area contributed by atoms with E-state index in [1.807, 2.05) is 23.1 Å². The summed E-state index contributed by atoms with van der Waals surface area (Å²) in [7, 11) is -3.96. The molecule has 6 nitrogen and oxygen atoms in total. The van der Waals surface area contributed by atoms with Crippen molar-refractivity contribution in [2.45, 2.75) is 18.7 Å². The van der Waals surface area contributed by atoms with Crippen molar-refractivity contribution < 1.29 is 17.6 Å². The molecule has 0 aliphatic heterocycles. The van der Waals surface area contributed by atoms with Crippen LogP contribution in [-0.2, 0) is 10.0 Å². The maximum Gasteiger partial charge on any atom is 0.287 e. The zero-order valence-electron chi connectivity index (χ0n) is 12.9. The van der Waals surface area contributed by atoms with Crippen molar-refractivity contribution in [3.63, 3.8) is 0 Å². The van der Waals surface area contributed by atoms with Crippen LogP contribution in [0.5, 0.6) is 0 Å². The Kier molecular flexibility index (Phi) is 4.25. The number of sulfonamides is 1. The molecular weight excluding hydrogens is 348 g/mol. The minimum Gasteiger partial charge on any atom is -0.440 e. The molecule has 0 aliphatic carbocycles. The van der Waals surface area contributed by atoms with Crippen molar-refractivity contribution in [1.82, 2.24) is 9.71 Å². The number of amides is 1. The Bertz CT molecular complexity index is 972.